The third-order valence-corrected chi connectivity index (χ3v) is 2.25. The van der Waals surface area contributed by atoms with Crippen LogP contribution < -0.4 is 0 Å². The first-order chi connectivity index (χ1) is 4.93. The van der Waals surface area contributed by atoms with E-state index in [0.29, 0.717) is 12.2 Å². The van der Waals surface area contributed by atoms with Gasteiger partial charge < -0.3 is 10.2 Å². The Hall–Kier alpha value is -0.760. The molecular weight excluding hydrogens is 140 g/mol. The molecule has 0 fully saturated rings. The van der Waals surface area contributed by atoms with Gasteiger partial charge >= 0.3 is 0 Å². The Bertz CT molecular complexity index is 234. The summed E-state index contributed by atoms with van der Waals surface area (Å²) in [5.41, 5.74) is 0.900. The standard InChI is InChI=1S/C9H14O2/c1-6-5-9(3,11)7(2)4-8(6)10/h4,10-11H,5H2,1-3H3. The highest BCUT2D eigenvalue weighted by Gasteiger charge is 2.27. The van der Waals surface area contributed by atoms with E-state index < -0.39 is 5.60 Å². The van der Waals surface area contributed by atoms with E-state index in [1.807, 2.05) is 13.8 Å². The maximum absolute atomic E-state index is 9.72. The van der Waals surface area contributed by atoms with Crippen LogP contribution in [0.5, 0.6) is 0 Å². The Morgan fingerprint density at radius 3 is 2.45 bits per heavy atom. The van der Waals surface area contributed by atoms with E-state index in [2.05, 4.69) is 0 Å². The molecule has 1 rings (SSSR count). The number of aliphatic hydroxyl groups is 2. The molecule has 0 saturated carbocycles. The van der Waals surface area contributed by atoms with Crippen LogP contribution in [0.4, 0.5) is 0 Å². The highest BCUT2D eigenvalue weighted by atomic mass is 16.3. The minimum atomic E-state index is -0.768. The van der Waals surface area contributed by atoms with Crippen molar-refractivity contribution in [3.63, 3.8) is 0 Å². The number of allylic oxidation sites excluding steroid dienone is 1. The van der Waals surface area contributed by atoms with E-state index in [0.717, 1.165) is 11.1 Å². The average molecular weight is 154 g/mol. The predicted octanol–water partition coefficient (Wildman–Crippen LogP) is 1.92. The van der Waals surface area contributed by atoms with Crippen molar-refractivity contribution in [1.82, 2.24) is 0 Å². The lowest BCUT2D eigenvalue weighted by Gasteiger charge is -2.28. The Morgan fingerprint density at radius 1 is 1.45 bits per heavy atom. The lowest BCUT2D eigenvalue weighted by molar-refractivity contribution is 0.0944. The van der Waals surface area contributed by atoms with E-state index in [1.165, 1.54) is 0 Å². The SMILES string of the molecule is CC1=CC(O)=C(C)CC1(C)O. The number of hydrogen-bond acceptors (Lipinski definition) is 2. The van der Waals surface area contributed by atoms with Crippen molar-refractivity contribution in [2.24, 2.45) is 0 Å². The monoisotopic (exact) mass is 154 g/mol. The minimum Gasteiger partial charge on any atom is -0.508 e. The molecule has 0 aromatic heterocycles. The molecule has 1 aliphatic carbocycles. The van der Waals surface area contributed by atoms with Crippen molar-refractivity contribution >= 4 is 0 Å². The van der Waals surface area contributed by atoms with Crippen LogP contribution in [0.1, 0.15) is 27.2 Å². The van der Waals surface area contributed by atoms with Gasteiger partial charge in [0, 0.05) is 6.42 Å². The zero-order valence-electron chi connectivity index (χ0n) is 7.18. The van der Waals surface area contributed by atoms with Crippen molar-refractivity contribution in [3.8, 4) is 0 Å². The fourth-order valence-electron chi connectivity index (χ4n) is 1.23. The summed E-state index contributed by atoms with van der Waals surface area (Å²) in [5.74, 6) is 0.300. The van der Waals surface area contributed by atoms with E-state index >= 15 is 0 Å². The number of aliphatic hydroxyl groups excluding tert-OH is 1. The first-order valence-electron chi connectivity index (χ1n) is 3.73. The molecular formula is C9H14O2. The molecule has 62 valence electrons. The van der Waals surface area contributed by atoms with Gasteiger partial charge in [-0.3, -0.25) is 0 Å². The van der Waals surface area contributed by atoms with Crippen molar-refractivity contribution in [2.75, 3.05) is 0 Å². The highest BCUT2D eigenvalue weighted by molar-refractivity contribution is 5.33. The van der Waals surface area contributed by atoms with E-state index in [4.69, 9.17) is 0 Å². The molecule has 0 radical (unpaired) electrons. The summed E-state index contributed by atoms with van der Waals surface area (Å²) in [6.45, 7) is 5.41. The largest absolute Gasteiger partial charge is 0.508 e. The van der Waals surface area contributed by atoms with Crippen molar-refractivity contribution in [2.45, 2.75) is 32.8 Å². The summed E-state index contributed by atoms with van der Waals surface area (Å²) in [6.07, 6.45) is 2.15. The normalized spacial score (nSPS) is 32.2. The molecule has 11 heavy (non-hydrogen) atoms. The second-order valence-corrected chi connectivity index (χ2v) is 3.44. The zero-order chi connectivity index (χ0) is 8.65. The van der Waals surface area contributed by atoms with Gasteiger partial charge in [0.2, 0.25) is 0 Å². The average Bonchev–Trinajstić information content (AvgIpc) is 1.83. The molecule has 2 heteroatoms. The van der Waals surface area contributed by atoms with Gasteiger partial charge in [-0.25, -0.2) is 0 Å². The molecule has 0 spiro atoms. The molecule has 0 bridgehead atoms. The summed E-state index contributed by atoms with van der Waals surface area (Å²) in [5, 5.41) is 19.0. The molecule has 1 atom stereocenters. The molecule has 2 nitrogen and oxygen atoms in total. The van der Waals surface area contributed by atoms with Crippen molar-refractivity contribution in [3.05, 3.63) is 23.0 Å². The third kappa shape index (κ3) is 1.46. The Morgan fingerprint density at radius 2 is 2.00 bits per heavy atom. The van der Waals surface area contributed by atoms with Gasteiger partial charge in [0.05, 0.1) is 5.60 Å². The van der Waals surface area contributed by atoms with Gasteiger partial charge in [-0.2, -0.15) is 0 Å². The quantitative estimate of drug-likeness (QED) is 0.559. The second kappa shape index (κ2) is 2.38. The fraction of sp³-hybridized carbons (Fsp3) is 0.556. The van der Waals surface area contributed by atoms with Crippen molar-refractivity contribution in [1.29, 1.82) is 0 Å². The zero-order valence-corrected chi connectivity index (χ0v) is 7.18. The Labute approximate surface area is 66.9 Å². The van der Waals surface area contributed by atoms with E-state index in [-0.39, 0.29) is 0 Å². The Balaban J connectivity index is 3.01. The smallest absolute Gasteiger partial charge is 0.114 e. The van der Waals surface area contributed by atoms with Gasteiger partial charge in [0.1, 0.15) is 5.76 Å². The second-order valence-electron chi connectivity index (χ2n) is 3.44. The molecule has 1 unspecified atom stereocenters. The Kier molecular flexibility index (Phi) is 1.80. The summed E-state index contributed by atoms with van der Waals surface area (Å²) >= 11 is 0. The molecule has 0 aromatic rings. The van der Waals surface area contributed by atoms with Gasteiger partial charge in [-0.05, 0) is 38.0 Å². The highest BCUT2D eigenvalue weighted by Crippen LogP contribution is 2.30. The molecule has 0 heterocycles. The van der Waals surface area contributed by atoms with Gasteiger partial charge in [0.25, 0.3) is 0 Å². The lowest BCUT2D eigenvalue weighted by Crippen LogP contribution is -2.28. The van der Waals surface area contributed by atoms with Gasteiger partial charge in [-0.1, -0.05) is 0 Å². The molecule has 0 amide bonds. The molecule has 2 N–H and O–H groups in total. The summed E-state index contributed by atoms with van der Waals surface area (Å²) in [7, 11) is 0. The topological polar surface area (TPSA) is 40.5 Å². The first-order valence-corrected chi connectivity index (χ1v) is 3.73. The van der Waals surface area contributed by atoms with Crippen LogP contribution in [-0.4, -0.2) is 15.8 Å². The maximum atomic E-state index is 9.72. The van der Waals surface area contributed by atoms with Crippen LogP contribution in [0.25, 0.3) is 0 Å². The van der Waals surface area contributed by atoms with Crippen LogP contribution in [-0.2, 0) is 0 Å². The lowest BCUT2D eigenvalue weighted by atomic mass is 9.85. The summed E-state index contributed by atoms with van der Waals surface area (Å²) in [6, 6.07) is 0. The van der Waals surface area contributed by atoms with Crippen LogP contribution >= 0.6 is 0 Å². The van der Waals surface area contributed by atoms with Crippen molar-refractivity contribution < 1.29 is 10.2 Å². The third-order valence-electron chi connectivity index (χ3n) is 2.25. The van der Waals surface area contributed by atoms with Crippen LogP contribution in [0, 0.1) is 0 Å². The molecule has 0 aromatic carbocycles. The maximum Gasteiger partial charge on any atom is 0.114 e. The molecule has 0 saturated heterocycles. The fourth-order valence-corrected chi connectivity index (χ4v) is 1.23. The van der Waals surface area contributed by atoms with Gasteiger partial charge in [0.15, 0.2) is 0 Å². The minimum absolute atomic E-state index is 0.300. The summed E-state index contributed by atoms with van der Waals surface area (Å²) in [4.78, 5) is 0. The van der Waals surface area contributed by atoms with E-state index in [1.54, 1.807) is 13.0 Å². The first kappa shape index (κ1) is 8.34. The number of hydrogen-bond donors (Lipinski definition) is 2. The van der Waals surface area contributed by atoms with E-state index in [9.17, 15) is 10.2 Å². The number of rotatable bonds is 0. The molecule has 1 aliphatic rings. The van der Waals surface area contributed by atoms with Crippen LogP contribution in [0.3, 0.4) is 0 Å². The van der Waals surface area contributed by atoms with Gasteiger partial charge in [-0.15, -0.1) is 0 Å². The van der Waals surface area contributed by atoms with Crippen LogP contribution in [0.15, 0.2) is 23.0 Å². The van der Waals surface area contributed by atoms with Crippen LogP contribution in [0.2, 0.25) is 0 Å². The molecule has 0 aliphatic heterocycles. The predicted molar refractivity (Wildman–Crippen MR) is 44.3 cm³/mol. The summed E-state index contributed by atoms with van der Waals surface area (Å²) < 4.78 is 0.